The average molecular weight is 281 g/mol. The highest BCUT2D eigenvalue weighted by Crippen LogP contribution is 2.23. The van der Waals surface area contributed by atoms with Gasteiger partial charge in [0.25, 0.3) is 0 Å². The lowest BCUT2D eigenvalue weighted by Crippen LogP contribution is -2.32. The van der Waals surface area contributed by atoms with E-state index in [-0.39, 0.29) is 23.3 Å². The summed E-state index contributed by atoms with van der Waals surface area (Å²) in [6.07, 6.45) is 1.81. The van der Waals surface area contributed by atoms with Crippen LogP contribution in [0.4, 0.5) is 5.69 Å². The fourth-order valence-corrected chi connectivity index (χ4v) is 4.23. The number of para-hydroxylation sites is 1. The molecule has 1 unspecified atom stereocenters. The van der Waals surface area contributed by atoms with Crippen LogP contribution >= 0.6 is 0 Å². The summed E-state index contributed by atoms with van der Waals surface area (Å²) in [5.41, 5.74) is 0.839. The number of anilines is 1. The molecule has 1 saturated heterocycles. The highest BCUT2D eigenvalue weighted by molar-refractivity contribution is 7.91. The number of carbonyl (C=O) groups is 1. The Hall–Kier alpha value is -1.36. The molecule has 4 nitrogen and oxygen atoms in total. The van der Waals surface area contributed by atoms with Crippen molar-refractivity contribution in [1.29, 1.82) is 0 Å². The topological polar surface area (TPSA) is 54.5 Å². The molecule has 19 heavy (non-hydrogen) atoms. The highest BCUT2D eigenvalue weighted by Gasteiger charge is 2.27. The molecule has 1 aliphatic heterocycles. The molecule has 1 aromatic carbocycles. The molecule has 1 fully saturated rings. The molecule has 0 spiro atoms. The van der Waals surface area contributed by atoms with Crippen molar-refractivity contribution in [2.75, 3.05) is 23.5 Å². The van der Waals surface area contributed by atoms with E-state index in [2.05, 4.69) is 0 Å². The van der Waals surface area contributed by atoms with Crippen molar-refractivity contribution in [2.24, 2.45) is 5.92 Å². The van der Waals surface area contributed by atoms with E-state index in [1.807, 2.05) is 30.3 Å². The molecule has 0 bridgehead atoms. The molecule has 1 atom stereocenters. The van der Waals surface area contributed by atoms with E-state index in [1.165, 1.54) is 0 Å². The molecule has 104 valence electrons. The average Bonchev–Trinajstić information content (AvgIpc) is 2.37. The summed E-state index contributed by atoms with van der Waals surface area (Å²) in [6, 6.07) is 9.40. The molecule has 0 aliphatic carbocycles. The minimum Gasteiger partial charge on any atom is -0.315 e. The summed E-state index contributed by atoms with van der Waals surface area (Å²) in [6.45, 7) is 0. The first-order chi connectivity index (χ1) is 8.98. The lowest BCUT2D eigenvalue weighted by molar-refractivity contribution is -0.119. The molecule has 1 aliphatic rings. The Balaban J connectivity index is 1.98. The molecule has 2 rings (SSSR count). The number of sulfone groups is 1. The van der Waals surface area contributed by atoms with Gasteiger partial charge in [-0.05, 0) is 30.9 Å². The van der Waals surface area contributed by atoms with Gasteiger partial charge in [0.05, 0.1) is 11.5 Å². The Morgan fingerprint density at radius 1 is 1.32 bits per heavy atom. The number of nitrogens with zero attached hydrogens (tertiary/aromatic N) is 1. The monoisotopic (exact) mass is 281 g/mol. The molecule has 1 heterocycles. The van der Waals surface area contributed by atoms with Crippen molar-refractivity contribution in [1.82, 2.24) is 0 Å². The van der Waals surface area contributed by atoms with Crippen molar-refractivity contribution in [3.05, 3.63) is 30.3 Å². The maximum Gasteiger partial charge on any atom is 0.227 e. The Morgan fingerprint density at radius 2 is 2.00 bits per heavy atom. The molecule has 0 saturated carbocycles. The molecule has 5 heteroatoms. The Kier molecular flexibility index (Phi) is 4.24. The van der Waals surface area contributed by atoms with Crippen molar-refractivity contribution >= 4 is 21.4 Å². The quantitative estimate of drug-likeness (QED) is 0.850. The standard InChI is InChI=1S/C14H19NO3S/c1-15(13-7-3-2-4-8-13)14(16)10-12-6-5-9-19(17,18)11-12/h2-4,7-8,12H,5-6,9-11H2,1H3. The Bertz CT molecular complexity index is 539. The van der Waals surface area contributed by atoms with E-state index < -0.39 is 9.84 Å². The van der Waals surface area contributed by atoms with Gasteiger partial charge in [0.2, 0.25) is 5.91 Å². The van der Waals surface area contributed by atoms with Gasteiger partial charge >= 0.3 is 0 Å². The van der Waals surface area contributed by atoms with E-state index in [9.17, 15) is 13.2 Å². The summed E-state index contributed by atoms with van der Waals surface area (Å²) in [7, 11) is -1.21. The van der Waals surface area contributed by atoms with Gasteiger partial charge in [0.1, 0.15) is 0 Å². The van der Waals surface area contributed by atoms with Crippen LogP contribution in [0.25, 0.3) is 0 Å². The van der Waals surface area contributed by atoms with Crippen molar-refractivity contribution in [3.8, 4) is 0 Å². The van der Waals surface area contributed by atoms with Crippen LogP contribution in [0.2, 0.25) is 0 Å². The van der Waals surface area contributed by atoms with Gasteiger partial charge in [-0.1, -0.05) is 18.2 Å². The zero-order valence-corrected chi connectivity index (χ0v) is 11.9. The van der Waals surface area contributed by atoms with Crippen LogP contribution in [0.15, 0.2) is 30.3 Å². The van der Waals surface area contributed by atoms with Crippen LogP contribution in [-0.2, 0) is 14.6 Å². The van der Waals surface area contributed by atoms with Gasteiger partial charge in [-0.3, -0.25) is 4.79 Å². The lowest BCUT2D eigenvalue weighted by atomic mass is 10.0. The van der Waals surface area contributed by atoms with Gasteiger partial charge < -0.3 is 4.90 Å². The molecule has 0 N–H and O–H groups in total. The minimum absolute atomic E-state index is 0.0201. The second kappa shape index (κ2) is 5.74. The normalized spacial score (nSPS) is 21.8. The molecule has 0 radical (unpaired) electrons. The van der Waals surface area contributed by atoms with Crippen LogP contribution in [0.5, 0.6) is 0 Å². The van der Waals surface area contributed by atoms with Gasteiger partial charge in [-0.2, -0.15) is 0 Å². The van der Waals surface area contributed by atoms with E-state index in [4.69, 9.17) is 0 Å². The van der Waals surface area contributed by atoms with Crippen molar-refractivity contribution < 1.29 is 13.2 Å². The van der Waals surface area contributed by atoms with Crippen LogP contribution < -0.4 is 4.90 Å². The first-order valence-corrected chi connectivity index (χ1v) is 8.32. The van der Waals surface area contributed by atoms with E-state index in [0.717, 1.165) is 12.1 Å². The fourth-order valence-electron chi connectivity index (χ4n) is 2.46. The number of amides is 1. The van der Waals surface area contributed by atoms with Crippen LogP contribution in [0.3, 0.4) is 0 Å². The summed E-state index contributed by atoms with van der Waals surface area (Å²) in [4.78, 5) is 13.8. The summed E-state index contributed by atoms with van der Waals surface area (Å²) in [5.74, 6) is 0.374. The highest BCUT2D eigenvalue weighted by atomic mass is 32.2. The zero-order valence-electron chi connectivity index (χ0n) is 11.1. The molecular formula is C14H19NO3S. The number of hydrogen-bond acceptors (Lipinski definition) is 3. The largest absolute Gasteiger partial charge is 0.315 e. The van der Waals surface area contributed by atoms with Gasteiger partial charge in [-0.25, -0.2) is 8.42 Å². The molecule has 0 aromatic heterocycles. The molecule has 1 aromatic rings. The number of carbonyl (C=O) groups excluding carboxylic acids is 1. The smallest absolute Gasteiger partial charge is 0.227 e. The second-order valence-electron chi connectivity index (χ2n) is 5.12. The summed E-state index contributed by atoms with van der Waals surface area (Å²) >= 11 is 0. The van der Waals surface area contributed by atoms with Gasteiger partial charge in [-0.15, -0.1) is 0 Å². The Labute approximate surface area is 114 Å². The number of rotatable bonds is 3. The third kappa shape index (κ3) is 3.80. The maximum atomic E-state index is 12.2. The van der Waals surface area contributed by atoms with Crippen LogP contribution in [0, 0.1) is 5.92 Å². The van der Waals surface area contributed by atoms with Crippen LogP contribution in [0.1, 0.15) is 19.3 Å². The second-order valence-corrected chi connectivity index (χ2v) is 7.34. The van der Waals surface area contributed by atoms with E-state index >= 15 is 0 Å². The zero-order chi connectivity index (χ0) is 13.9. The predicted molar refractivity (Wildman–Crippen MR) is 75.8 cm³/mol. The van der Waals surface area contributed by atoms with Crippen molar-refractivity contribution in [2.45, 2.75) is 19.3 Å². The third-order valence-corrected chi connectivity index (χ3v) is 5.43. The van der Waals surface area contributed by atoms with E-state index in [1.54, 1.807) is 11.9 Å². The summed E-state index contributed by atoms with van der Waals surface area (Å²) < 4.78 is 23.1. The van der Waals surface area contributed by atoms with E-state index in [0.29, 0.717) is 12.8 Å². The first kappa shape index (κ1) is 14.1. The fraction of sp³-hybridized carbons (Fsp3) is 0.500. The molecule has 1 amide bonds. The van der Waals surface area contributed by atoms with Crippen molar-refractivity contribution in [3.63, 3.8) is 0 Å². The van der Waals surface area contributed by atoms with Gasteiger partial charge in [0.15, 0.2) is 9.84 Å². The summed E-state index contributed by atoms with van der Waals surface area (Å²) in [5, 5.41) is 0. The van der Waals surface area contributed by atoms with Gasteiger partial charge in [0, 0.05) is 19.2 Å². The third-order valence-electron chi connectivity index (χ3n) is 3.54. The number of benzene rings is 1. The molecular weight excluding hydrogens is 262 g/mol. The first-order valence-electron chi connectivity index (χ1n) is 6.50. The maximum absolute atomic E-state index is 12.2. The predicted octanol–water partition coefficient (Wildman–Crippen LogP) is 1.86. The van der Waals surface area contributed by atoms with Crippen LogP contribution in [-0.4, -0.2) is 32.9 Å². The Morgan fingerprint density at radius 3 is 2.63 bits per heavy atom. The number of hydrogen-bond donors (Lipinski definition) is 0. The SMILES string of the molecule is CN(C(=O)CC1CCCS(=O)(=O)C1)c1ccccc1. The lowest BCUT2D eigenvalue weighted by Gasteiger charge is -2.24. The minimum atomic E-state index is -2.94.